The van der Waals surface area contributed by atoms with Gasteiger partial charge in [0.15, 0.2) is 5.82 Å². The lowest BCUT2D eigenvalue weighted by molar-refractivity contribution is -0.138. The highest BCUT2D eigenvalue weighted by atomic mass is 16.5. The number of hydrogen-bond donors (Lipinski definition) is 1. The van der Waals surface area contributed by atoms with E-state index in [1.165, 1.54) is 5.56 Å². The Bertz CT molecular complexity index is 1140. The molecule has 2 aromatic heterocycles. The predicted octanol–water partition coefficient (Wildman–Crippen LogP) is 3.33. The lowest BCUT2D eigenvalue weighted by atomic mass is 10.0. The third kappa shape index (κ3) is 4.85. The van der Waals surface area contributed by atoms with Crippen molar-refractivity contribution < 1.29 is 14.3 Å². The van der Waals surface area contributed by atoms with Gasteiger partial charge in [0.25, 0.3) is 0 Å². The predicted molar refractivity (Wildman–Crippen MR) is 125 cm³/mol. The normalized spacial score (nSPS) is 17.9. The number of aromatic nitrogens is 3. The summed E-state index contributed by atoms with van der Waals surface area (Å²) in [5, 5.41) is 7.67. The zero-order chi connectivity index (χ0) is 22.8. The van der Waals surface area contributed by atoms with E-state index in [1.807, 2.05) is 60.0 Å². The number of hydrogen-bond acceptors (Lipinski definition) is 6. The van der Waals surface area contributed by atoms with Crippen LogP contribution < -0.4 is 10.1 Å². The molecule has 1 N–H and O–H groups in total. The molecule has 8 nitrogen and oxygen atoms in total. The van der Waals surface area contributed by atoms with E-state index in [2.05, 4.69) is 16.5 Å². The highest BCUT2D eigenvalue weighted by Gasteiger charge is 2.27. The van der Waals surface area contributed by atoms with Crippen molar-refractivity contribution in [1.82, 2.24) is 19.7 Å². The standard InChI is InChI=1S/C25H29N5O3/c1-17-13-24(28-29(17)2)27-23-7-3-6-20(26-23)22-16-30(10-12-33-22)25(31)15-18-8-9-21-19(14-18)5-4-11-32-21/h3,6-9,13-14,22H,4-5,10-12,15-16H2,1-2H3,(H,26,27,28). The van der Waals surface area contributed by atoms with Crippen LogP contribution in [0, 0.1) is 6.92 Å². The second-order valence-electron chi connectivity index (χ2n) is 8.64. The molecule has 8 heteroatoms. The van der Waals surface area contributed by atoms with Crippen molar-refractivity contribution in [3.05, 3.63) is 65.0 Å². The van der Waals surface area contributed by atoms with E-state index in [4.69, 9.17) is 14.5 Å². The van der Waals surface area contributed by atoms with Gasteiger partial charge in [-0.05, 0) is 49.1 Å². The Morgan fingerprint density at radius 1 is 1.18 bits per heavy atom. The number of fused-ring (bicyclic) bond motifs is 1. The van der Waals surface area contributed by atoms with Crippen LogP contribution in [0.4, 0.5) is 11.6 Å². The Morgan fingerprint density at radius 3 is 2.94 bits per heavy atom. The van der Waals surface area contributed by atoms with Crippen molar-refractivity contribution in [3.8, 4) is 5.75 Å². The SMILES string of the molecule is Cc1cc(Nc2cccc(C3CN(C(=O)Cc4ccc5c(c4)CCCO5)CCO3)n2)nn1C. The Kier molecular flexibility index (Phi) is 6.00. The molecule has 0 aliphatic carbocycles. The third-order valence-electron chi connectivity index (χ3n) is 6.22. The molecular formula is C25H29N5O3. The molecule has 1 atom stereocenters. The number of carbonyl (C=O) groups excluding carboxylic acids is 1. The number of amides is 1. The van der Waals surface area contributed by atoms with E-state index in [0.29, 0.717) is 31.9 Å². The summed E-state index contributed by atoms with van der Waals surface area (Å²) in [7, 11) is 1.91. The second kappa shape index (κ2) is 9.23. The van der Waals surface area contributed by atoms with E-state index in [-0.39, 0.29) is 12.0 Å². The summed E-state index contributed by atoms with van der Waals surface area (Å²) in [6.07, 6.45) is 2.15. The van der Waals surface area contributed by atoms with Crippen LogP contribution in [0.2, 0.25) is 0 Å². The number of pyridine rings is 1. The van der Waals surface area contributed by atoms with Crippen LogP contribution in [0.5, 0.6) is 5.75 Å². The average Bonchev–Trinajstić information content (AvgIpc) is 3.15. The molecule has 172 valence electrons. The lowest BCUT2D eigenvalue weighted by Crippen LogP contribution is -2.43. The maximum atomic E-state index is 13.1. The van der Waals surface area contributed by atoms with Gasteiger partial charge in [-0.2, -0.15) is 5.10 Å². The van der Waals surface area contributed by atoms with Gasteiger partial charge in [-0.1, -0.05) is 18.2 Å². The zero-order valence-corrected chi connectivity index (χ0v) is 19.1. The summed E-state index contributed by atoms with van der Waals surface area (Å²) >= 11 is 0. The Hall–Kier alpha value is -3.39. The molecule has 1 amide bonds. The number of rotatable bonds is 5. The Morgan fingerprint density at radius 2 is 2.09 bits per heavy atom. The molecule has 33 heavy (non-hydrogen) atoms. The molecule has 1 fully saturated rings. The van der Waals surface area contributed by atoms with Crippen LogP contribution >= 0.6 is 0 Å². The summed E-state index contributed by atoms with van der Waals surface area (Å²) < 4.78 is 13.5. The first-order valence-electron chi connectivity index (χ1n) is 11.4. The van der Waals surface area contributed by atoms with Gasteiger partial charge in [-0.15, -0.1) is 0 Å². The first-order chi connectivity index (χ1) is 16.0. The molecular weight excluding hydrogens is 418 g/mol. The van der Waals surface area contributed by atoms with Gasteiger partial charge in [0.2, 0.25) is 5.91 Å². The highest BCUT2D eigenvalue weighted by Crippen LogP contribution is 2.27. The number of ether oxygens (including phenoxy) is 2. The van der Waals surface area contributed by atoms with Gasteiger partial charge in [0.1, 0.15) is 17.7 Å². The minimum Gasteiger partial charge on any atom is -0.493 e. The molecule has 0 saturated carbocycles. The van der Waals surface area contributed by atoms with E-state index >= 15 is 0 Å². The molecule has 3 aromatic rings. The maximum Gasteiger partial charge on any atom is 0.227 e. The molecule has 0 radical (unpaired) electrons. The average molecular weight is 448 g/mol. The fourth-order valence-corrected chi connectivity index (χ4v) is 4.32. The largest absolute Gasteiger partial charge is 0.493 e. The van der Waals surface area contributed by atoms with Crippen LogP contribution in [0.15, 0.2) is 42.5 Å². The molecule has 1 saturated heterocycles. The van der Waals surface area contributed by atoms with Crippen LogP contribution in [0.3, 0.4) is 0 Å². The first-order valence-corrected chi connectivity index (χ1v) is 11.4. The van der Waals surface area contributed by atoms with Crippen LogP contribution in [0.25, 0.3) is 0 Å². The van der Waals surface area contributed by atoms with Gasteiger partial charge >= 0.3 is 0 Å². The number of morpholine rings is 1. The number of carbonyl (C=O) groups is 1. The molecule has 4 heterocycles. The number of benzene rings is 1. The van der Waals surface area contributed by atoms with Gasteiger partial charge in [-0.25, -0.2) is 4.98 Å². The Balaban J connectivity index is 1.24. The molecule has 2 aliphatic rings. The summed E-state index contributed by atoms with van der Waals surface area (Å²) in [5.41, 5.74) is 4.09. The molecule has 0 bridgehead atoms. The maximum absolute atomic E-state index is 13.1. The molecule has 0 spiro atoms. The van der Waals surface area contributed by atoms with Gasteiger partial charge in [-0.3, -0.25) is 9.48 Å². The van der Waals surface area contributed by atoms with E-state index < -0.39 is 0 Å². The molecule has 1 aromatic carbocycles. The van der Waals surface area contributed by atoms with Crippen molar-refractivity contribution >= 4 is 17.5 Å². The molecule has 1 unspecified atom stereocenters. The second-order valence-corrected chi connectivity index (χ2v) is 8.64. The van der Waals surface area contributed by atoms with Crippen LogP contribution in [-0.2, 0) is 29.4 Å². The summed E-state index contributed by atoms with van der Waals surface area (Å²) in [6.45, 7) is 4.35. The van der Waals surface area contributed by atoms with Crippen molar-refractivity contribution in [1.29, 1.82) is 0 Å². The number of anilines is 2. The number of aryl methyl sites for hydroxylation is 3. The van der Waals surface area contributed by atoms with Crippen molar-refractivity contribution in [3.63, 3.8) is 0 Å². The third-order valence-corrected chi connectivity index (χ3v) is 6.22. The quantitative estimate of drug-likeness (QED) is 0.646. The molecule has 2 aliphatic heterocycles. The van der Waals surface area contributed by atoms with E-state index in [9.17, 15) is 4.79 Å². The Labute approximate surface area is 193 Å². The minimum atomic E-state index is -0.258. The smallest absolute Gasteiger partial charge is 0.227 e. The van der Waals surface area contributed by atoms with Crippen molar-refractivity contribution in [2.24, 2.45) is 7.05 Å². The lowest BCUT2D eigenvalue weighted by Gasteiger charge is -2.33. The van der Waals surface area contributed by atoms with Gasteiger partial charge in [0, 0.05) is 25.4 Å². The zero-order valence-electron chi connectivity index (χ0n) is 19.1. The topological polar surface area (TPSA) is 81.5 Å². The van der Waals surface area contributed by atoms with Crippen LogP contribution in [0.1, 0.15) is 35.0 Å². The number of nitrogens with zero attached hydrogens (tertiary/aromatic N) is 4. The summed E-state index contributed by atoms with van der Waals surface area (Å²) in [6, 6.07) is 13.9. The monoisotopic (exact) mass is 447 g/mol. The van der Waals surface area contributed by atoms with Crippen molar-refractivity contribution in [2.45, 2.75) is 32.3 Å². The molecule has 5 rings (SSSR count). The van der Waals surface area contributed by atoms with Crippen LogP contribution in [-0.4, -0.2) is 51.9 Å². The van der Waals surface area contributed by atoms with Crippen molar-refractivity contribution in [2.75, 3.05) is 31.6 Å². The highest BCUT2D eigenvalue weighted by molar-refractivity contribution is 5.79. The fraction of sp³-hybridized carbons (Fsp3) is 0.400. The van der Waals surface area contributed by atoms with Gasteiger partial charge in [0.05, 0.1) is 31.9 Å². The summed E-state index contributed by atoms with van der Waals surface area (Å²) in [4.78, 5) is 19.7. The van der Waals surface area contributed by atoms with Gasteiger partial charge < -0.3 is 19.7 Å². The first kappa shape index (κ1) is 21.5. The number of nitrogens with one attached hydrogen (secondary N) is 1. The summed E-state index contributed by atoms with van der Waals surface area (Å²) in [5.74, 6) is 2.51. The van der Waals surface area contributed by atoms with E-state index in [0.717, 1.165) is 48.0 Å². The minimum absolute atomic E-state index is 0.109. The van der Waals surface area contributed by atoms with E-state index in [1.54, 1.807) is 0 Å². The fourth-order valence-electron chi connectivity index (χ4n) is 4.32.